The molecule has 0 fully saturated rings. The molecule has 1 aromatic heterocycles. The van der Waals surface area contributed by atoms with Gasteiger partial charge in [0.05, 0.1) is 12.9 Å². The average Bonchev–Trinajstić information content (AvgIpc) is 2.47. The molecule has 0 atom stereocenters. The second-order valence-corrected chi connectivity index (χ2v) is 2.30. The van der Waals surface area contributed by atoms with Gasteiger partial charge >= 0.3 is 5.97 Å². The van der Waals surface area contributed by atoms with Gasteiger partial charge in [-0.25, -0.2) is 9.78 Å². The maximum absolute atomic E-state index is 11.1. The highest BCUT2D eigenvalue weighted by atomic mass is 16.5. The summed E-state index contributed by atoms with van der Waals surface area (Å²) in [6.07, 6.45) is 2.15. The number of carbonyl (C=O) groups excluding carboxylic acids is 1. The third kappa shape index (κ3) is 1.75. The maximum atomic E-state index is 11.1. The number of nitrogens with one attached hydrogen (secondary N) is 1. The maximum Gasteiger partial charge on any atom is 0.358 e. The Bertz CT molecular complexity index is 269. The highest BCUT2D eigenvalue weighted by Gasteiger charge is 2.12. The standard InChI is InChI=1S/C7H11N3O2/c1-2-3-12-7(11)5-6(8)10-4-9-5/h4H,2-3,8H2,1H3,(H,9,10). The highest BCUT2D eigenvalue weighted by Crippen LogP contribution is 2.05. The molecule has 0 aliphatic heterocycles. The van der Waals surface area contributed by atoms with Crippen LogP contribution in [0.1, 0.15) is 23.8 Å². The van der Waals surface area contributed by atoms with Crippen LogP contribution in [0.3, 0.4) is 0 Å². The van der Waals surface area contributed by atoms with Crippen LogP contribution in [0.15, 0.2) is 6.33 Å². The number of hydrogen-bond acceptors (Lipinski definition) is 4. The molecule has 1 heterocycles. The number of aromatic nitrogens is 2. The Hall–Kier alpha value is -1.52. The molecule has 1 rings (SSSR count). The first-order chi connectivity index (χ1) is 5.75. The predicted octanol–water partition coefficient (Wildman–Crippen LogP) is 0.559. The van der Waals surface area contributed by atoms with E-state index < -0.39 is 5.97 Å². The number of H-pyrrole nitrogens is 1. The number of nitrogens with two attached hydrogens (primary N) is 1. The summed E-state index contributed by atoms with van der Waals surface area (Å²) in [6.45, 7) is 2.32. The number of imidazole rings is 1. The number of anilines is 1. The SMILES string of the molecule is CCCOC(=O)c1[nH]cnc1N. The van der Waals surface area contributed by atoms with E-state index in [9.17, 15) is 4.79 Å². The second-order valence-electron chi connectivity index (χ2n) is 2.30. The first kappa shape index (κ1) is 8.58. The zero-order chi connectivity index (χ0) is 8.97. The fourth-order valence-corrected chi connectivity index (χ4v) is 0.735. The molecule has 5 nitrogen and oxygen atoms in total. The molecule has 0 saturated heterocycles. The van der Waals surface area contributed by atoms with Crippen molar-refractivity contribution in [1.82, 2.24) is 9.97 Å². The van der Waals surface area contributed by atoms with Crippen LogP contribution in [0.4, 0.5) is 5.82 Å². The lowest BCUT2D eigenvalue weighted by atomic mass is 10.4. The van der Waals surface area contributed by atoms with Crippen LogP contribution in [-0.2, 0) is 4.74 Å². The Kier molecular flexibility index (Phi) is 2.68. The number of aromatic amines is 1. The number of hydrogen-bond donors (Lipinski definition) is 2. The minimum absolute atomic E-state index is 0.177. The van der Waals surface area contributed by atoms with E-state index in [1.54, 1.807) is 0 Å². The Morgan fingerprint density at radius 2 is 2.58 bits per heavy atom. The molecule has 0 unspecified atom stereocenters. The zero-order valence-corrected chi connectivity index (χ0v) is 6.83. The molecule has 0 bridgehead atoms. The van der Waals surface area contributed by atoms with Gasteiger partial charge in [-0.05, 0) is 6.42 Å². The molecular weight excluding hydrogens is 158 g/mol. The van der Waals surface area contributed by atoms with Gasteiger partial charge in [0.2, 0.25) is 0 Å². The number of esters is 1. The Labute approximate surface area is 69.9 Å². The summed E-state index contributed by atoms with van der Waals surface area (Å²) in [5.74, 6) is -0.275. The summed E-state index contributed by atoms with van der Waals surface area (Å²) in [5, 5.41) is 0. The van der Waals surface area contributed by atoms with Gasteiger partial charge in [0, 0.05) is 0 Å². The van der Waals surface area contributed by atoms with Crippen LogP contribution in [0, 0.1) is 0 Å². The van der Waals surface area contributed by atoms with Gasteiger partial charge in [0.15, 0.2) is 11.5 Å². The molecule has 0 saturated carbocycles. The third-order valence-corrected chi connectivity index (χ3v) is 1.31. The van der Waals surface area contributed by atoms with E-state index in [-0.39, 0.29) is 11.5 Å². The average molecular weight is 169 g/mol. The molecule has 0 aromatic carbocycles. The van der Waals surface area contributed by atoms with Crippen LogP contribution in [0.5, 0.6) is 0 Å². The lowest BCUT2D eigenvalue weighted by molar-refractivity contribution is 0.0500. The van der Waals surface area contributed by atoms with Gasteiger partial charge in [0.25, 0.3) is 0 Å². The molecule has 0 aliphatic carbocycles. The van der Waals surface area contributed by atoms with Crippen molar-refractivity contribution in [2.75, 3.05) is 12.3 Å². The van der Waals surface area contributed by atoms with E-state index in [1.165, 1.54) is 6.33 Å². The Morgan fingerprint density at radius 1 is 1.83 bits per heavy atom. The number of ether oxygens (including phenoxy) is 1. The summed E-state index contributed by atoms with van der Waals surface area (Å²) in [4.78, 5) is 17.4. The largest absolute Gasteiger partial charge is 0.461 e. The molecule has 3 N–H and O–H groups in total. The summed E-state index contributed by atoms with van der Waals surface area (Å²) < 4.78 is 4.83. The minimum Gasteiger partial charge on any atom is -0.461 e. The first-order valence-corrected chi connectivity index (χ1v) is 3.71. The smallest absolute Gasteiger partial charge is 0.358 e. The van der Waals surface area contributed by atoms with Crippen LogP contribution in [0.25, 0.3) is 0 Å². The van der Waals surface area contributed by atoms with Gasteiger partial charge < -0.3 is 15.5 Å². The fourth-order valence-electron chi connectivity index (χ4n) is 0.735. The summed E-state index contributed by atoms with van der Waals surface area (Å²) in [7, 11) is 0. The quantitative estimate of drug-likeness (QED) is 0.648. The number of nitrogen functional groups attached to an aromatic ring is 1. The molecule has 0 spiro atoms. The normalized spacial score (nSPS) is 9.75. The molecule has 66 valence electrons. The molecule has 12 heavy (non-hydrogen) atoms. The molecule has 1 aromatic rings. The topological polar surface area (TPSA) is 81.0 Å². The lowest BCUT2D eigenvalue weighted by Gasteiger charge is -2.00. The predicted molar refractivity (Wildman–Crippen MR) is 43.6 cm³/mol. The van der Waals surface area contributed by atoms with Gasteiger partial charge in [-0.1, -0.05) is 6.92 Å². The molecule has 0 radical (unpaired) electrons. The first-order valence-electron chi connectivity index (χ1n) is 3.71. The van der Waals surface area contributed by atoms with Crippen molar-refractivity contribution in [1.29, 1.82) is 0 Å². The van der Waals surface area contributed by atoms with Crippen molar-refractivity contribution in [2.45, 2.75) is 13.3 Å². The fraction of sp³-hybridized carbons (Fsp3) is 0.429. The van der Waals surface area contributed by atoms with Gasteiger partial charge in [0.1, 0.15) is 0 Å². The van der Waals surface area contributed by atoms with Gasteiger partial charge in [-0.15, -0.1) is 0 Å². The van der Waals surface area contributed by atoms with Crippen LogP contribution in [0.2, 0.25) is 0 Å². The van der Waals surface area contributed by atoms with Crippen molar-refractivity contribution in [3.63, 3.8) is 0 Å². The van der Waals surface area contributed by atoms with Crippen molar-refractivity contribution in [3.8, 4) is 0 Å². The van der Waals surface area contributed by atoms with Crippen LogP contribution in [-0.4, -0.2) is 22.5 Å². The van der Waals surface area contributed by atoms with E-state index in [0.29, 0.717) is 6.61 Å². The van der Waals surface area contributed by atoms with E-state index in [1.807, 2.05) is 6.92 Å². The van der Waals surface area contributed by atoms with Crippen molar-refractivity contribution >= 4 is 11.8 Å². The monoisotopic (exact) mass is 169 g/mol. The molecule has 0 aliphatic rings. The Balaban J connectivity index is 2.59. The number of rotatable bonds is 3. The van der Waals surface area contributed by atoms with E-state index in [4.69, 9.17) is 10.5 Å². The van der Waals surface area contributed by atoms with Crippen molar-refractivity contribution in [3.05, 3.63) is 12.0 Å². The van der Waals surface area contributed by atoms with Crippen LogP contribution >= 0.6 is 0 Å². The van der Waals surface area contributed by atoms with Crippen molar-refractivity contribution < 1.29 is 9.53 Å². The van der Waals surface area contributed by atoms with Gasteiger partial charge in [-0.2, -0.15) is 0 Å². The lowest BCUT2D eigenvalue weighted by Crippen LogP contribution is -2.08. The number of nitrogens with zero attached hydrogens (tertiary/aromatic N) is 1. The van der Waals surface area contributed by atoms with Crippen molar-refractivity contribution in [2.24, 2.45) is 0 Å². The van der Waals surface area contributed by atoms with E-state index in [2.05, 4.69) is 9.97 Å². The molecule has 5 heteroatoms. The molecular formula is C7H11N3O2. The van der Waals surface area contributed by atoms with Gasteiger partial charge in [-0.3, -0.25) is 0 Å². The summed E-state index contributed by atoms with van der Waals surface area (Å²) >= 11 is 0. The third-order valence-electron chi connectivity index (χ3n) is 1.31. The highest BCUT2D eigenvalue weighted by molar-refractivity contribution is 5.91. The second kappa shape index (κ2) is 3.75. The van der Waals surface area contributed by atoms with E-state index >= 15 is 0 Å². The Morgan fingerprint density at radius 3 is 3.08 bits per heavy atom. The summed E-state index contributed by atoms with van der Waals surface area (Å²) in [6, 6.07) is 0. The minimum atomic E-state index is -0.452. The summed E-state index contributed by atoms with van der Waals surface area (Å²) in [5.41, 5.74) is 5.60. The zero-order valence-electron chi connectivity index (χ0n) is 6.83. The van der Waals surface area contributed by atoms with E-state index in [0.717, 1.165) is 6.42 Å². The van der Waals surface area contributed by atoms with Crippen LogP contribution < -0.4 is 5.73 Å². The number of carbonyl (C=O) groups is 1. The molecule has 0 amide bonds.